The van der Waals surface area contributed by atoms with E-state index >= 15 is 0 Å². The topological polar surface area (TPSA) is 73.8 Å². The zero-order valence-corrected chi connectivity index (χ0v) is 24.0. The van der Waals surface area contributed by atoms with Crippen molar-refractivity contribution in [1.82, 2.24) is 14.9 Å². The maximum Gasteiger partial charge on any atom is 0.390 e. The number of aliphatic imine (C=N–C) groups is 1. The number of alkyl halides is 3. The number of nitrogens with one attached hydrogen (secondary N) is 2. The average molecular weight is 604 g/mol. The van der Waals surface area contributed by atoms with Crippen molar-refractivity contribution in [1.29, 1.82) is 0 Å². The third-order valence-corrected chi connectivity index (χ3v) is 10.9. The Hall–Kier alpha value is -1.85. The van der Waals surface area contributed by atoms with E-state index in [4.69, 9.17) is 28.2 Å². The molecule has 1 aliphatic heterocycles. The van der Waals surface area contributed by atoms with Gasteiger partial charge < -0.3 is 10.6 Å². The van der Waals surface area contributed by atoms with E-state index in [0.29, 0.717) is 30.8 Å². The number of hydrogen-bond donors (Lipinski definition) is 2. The van der Waals surface area contributed by atoms with Gasteiger partial charge >= 0.3 is 6.18 Å². The molecule has 6 nitrogen and oxygen atoms in total. The molecule has 2 aromatic rings. The quantitative estimate of drug-likeness (QED) is 0.337. The van der Waals surface area contributed by atoms with E-state index in [1.807, 2.05) is 26.0 Å². The van der Waals surface area contributed by atoms with Gasteiger partial charge in [-0.25, -0.2) is 8.42 Å². The Labute approximate surface area is 237 Å². The molecular weight excluding hydrogens is 572 g/mol. The number of nitrogens with zero attached hydrogens (tertiary/aromatic N) is 2. The van der Waals surface area contributed by atoms with Gasteiger partial charge in [0.05, 0.1) is 23.0 Å². The molecule has 3 aliphatic carbocycles. The summed E-state index contributed by atoms with van der Waals surface area (Å²) in [6, 6.07) is 13.4. The summed E-state index contributed by atoms with van der Waals surface area (Å²) < 4.78 is 67.1. The second-order valence-corrected chi connectivity index (χ2v) is 14.2. The maximum absolute atomic E-state index is 14.0. The van der Waals surface area contributed by atoms with Crippen LogP contribution < -0.4 is 10.6 Å². The van der Waals surface area contributed by atoms with Gasteiger partial charge in [0.1, 0.15) is 10.7 Å². The van der Waals surface area contributed by atoms with Crippen molar-refractivity contribution in [3.8, 4) is 0 Å². The lowest BCUT2D eigenvalue weighted by Crippen LogP contribution is -2.78. The highest BCUT2D eigenvalue weighted by Gasteiger charge is 2.75. The molecule has 2 N–H and O–H groups in total. The van der Waals surface area contributed by atoms with Crippen LogP contribution in [-0.2, 0) is 16.6 Å². The molecule has 3 fully saturated rings. The van der Waals surface area contributed by atoms with Crippen LogP contribution in [0, 0.1) is 5.41 Å². The molecular formula is C27H31Cl2F3N4O2S. The molecule has 0 radical (unpaired) electrons. The summed E-state index contributed by atoms with van der Waals surface area (Å²) >= 11 is 12.4. The normalized spacial score (nSPS) is 27.5. The molecule has 4 aliphatic rings. The molecule has 212 valence electrons. The molecule has 12 heteroatoms. The Balaban J connectivity index is 1.33. The molecule has 0 saturated heterocycles. The van der Waals surface area contributed by atoms with Gasteiger partial charge in [0.2, 0.25) is 10.0 Å². The predicted molar refractivity (Wildman–Crippen MR) is 147 cm³/mol. The van der Waals surface area contributed by atoms with Crippen molar-refractivity contribution < 1.29 is 21.6 Å². The molecule has 1 atom stereocenters. The average Bonchev–Trinajstić information content (AvgIpc) is 3.09. The molecule has 2 bridgehead atoms. The van der Waals surface area contributed by atoms with Crippen LogP contribution >= 0.6 is 23.2 Å². The molecule has 1 heterocycles. The zero-order valence-electron chi connectivity index (χ0n) is 21.7. The number of rotatable bonds is 10. The minimum absolute atomic E-state index is 0.0712. The maximum atomic E-state index is 14.0. The van der Waals surface area contributed by atoms with Crippen LogP contribution in [0.5, 0.6) is 0 Å². The first-order chi connectivity index (χ1) is 18.2. The fraction of sp³-hybridized carbons (Fsp3) is 0.519. The highest BCUT2D eigenvalue weighted by Crippen LogP contribution is 2.71. The highest BCUT2D eigenvalue weighted by atomic mass is 35.5. The van der Waals surface area contributed by atoms with Crippen molar-refractivity contribution in [2.24, 2.45) is 10.4 Å². The molecule has 6 rings (SSSR count). The van der Waals surface area contributed by atoms with E-state index in [0.717, 1.165) is 11.4 Å². The first kappa shape index (κ1) is 28.7. The Kier molecular flexibility index (Phi) is 7.28. The lowest BCUT2D eigenvalue weighted by Gasteiger charge is -2.72. The van der Waals surface area contributed by atoms with Gasteiger partial charge in [0, 0.05) is 35.6 Å². The Morgan fingerprint density at radius 1 is 1.08 bits per heavy atom. The van der Waals surface area contributed by atoms with Gasteiger partial charge in [0.15, 0.2) is 0 Å². The Morgan fingerprint density at radius 2 is 1.72 bits per heavy atom. The van der Waals surface area contributed by atoms with Crippen LogP contribution in [-0.4, -0.2) is 54.9 Å². The summed E-state index contributed by atoms with van der Waals surface area (Å²) in [5.74, 6) is 0.818. The second kappa shape index (κ2) is 9.91. The van der Waals surface area contributed by atoms with Gasteiger partial charge in [-0.3, -0.25) is 4.99 Å². The molecule has 0 spiro atoms. The number of halogens is 5. The van der Waals surface area contributed by atoms with Crippen molar-refractivity contribution in [2.75, 3.05) is 13.1 Å². The molecule has 2 aromatic carbocycles. The number of benzene rings is 2. The SMILES string of the molecule is CC1(C)N=C(C23CC(N(Cc4ccc(Cl)cc4)S(=O)(=O)c4ccccc4Cl)(C2)C3)N[C@H]1CNCCC(F)(F)F. The molecule has 39 heavy (non-hydrogen) atoms. The molecule has 3 saturated carbocycles. The lowest BCUT2D eigenvalue weighted by molar-refractivity contribution is -0.150. The molecule has 0 unspecified atom stereocenters. The van der Waals surface area contributed by atoms with Crippen molar-refractivity contribution in [3.63, 3.8) is 0 Å². The number of amidine groups is 1. The minimum atomic E-state index is -4.20. The van der Waals surface area contributed by atoms with Crippen molar-refractivity contribution in [3.05, 3.63) is 64.1 Å². The van der Waals surface area contributed by atoms with Crippen LogP contribution in [0.25, 0.3) is 0 Å². The third kappa shape index (κ3) is 5.43. The van der Waals surface area contributed by atoms with Gasteiger partial charge in [0.25, 0.3) is 0 Å². The van der Waals surface area contributed by atoms with Gasteiger partial charge in [-0.15, -0.1) is 0 Å². The molecule has 0 aromatic heterocycles. The van der Waals surface area contributed by atoms with E-state index in [1.165, 1.54) is 6.07 Å². The largest absolute Gasteiger partial charge is 0.390 e. The number of sulfonamides is 1. The monoisotopic (exact) mass is 602 g/mol. The summed E-state index contributed by atoms with van der Waals surface area (Å²) in [5, 5.41) is 7.09. The fourth-order valence-corrected chi connectivity index (χ4v) is 8.45. The van der Waals surface area contributed by atoms with Crippen molar-refractivity contribution in [2.45, 2.75) is 74.3 Å². The predicted octanol–water partition coefficient (Wildman–Crippen LogP) is 5.80. The smallest absolute Gasteiger partial charge is 0.367 e. The van der Waals surface area contributed by atoms with Gasteiger partial charge in [-0.2, -0.15) is 17.5 Å². The van der Waals surface area contributed by atoms with E-state index in [2.05, 4.69) is 10.6 Å². The van der Waals surface area contributed by atoms with Gasteiger partial charge in [-0.05, 0) is 62.9 Å². The second-order valence-electron chi connectivity index (χ2n) is 11.5. The van der Waals surface area contributed by atoms with E-state index in [9.17, 15) is 21.6 Å². The Bertz CT molecular complexity index is 1360. The van der Waals surface area contributed by atoms with Crippen molar-refractivity contribution >= 4 is 39.1 Å². The van der Waals surface area contributed by atoms with Crippen LogP contribution in [0.1, 0.15) is 45.1 Å². The summed E-state index contributed by atoms with van der Waals surface area (Å²) in [6.07, 6.45) is -3.27. The summed E-state index contributed by atoms with van der Waals surface area (Å²) in [7, 11) is -3.93. The van der Waals surface area contributed by atoms with Crippen LogP contribution in [0.4, 0.5) is 13.2 Å². The summed E-state index contributed by atoms with van der Waals surface area (Å²) in [6.45, 7) is 4.29. The number of hydrogen-bond acceptors (Lipinski definition) is 5. The first-order valence-corrected chi connectivity index (χ1v) is 15.0. The summed E-state index contributed by atoms with van der Waals surface area (Å²) in [5.41, 5.74) is -0.534. The lowest BCUT2D eigenvalue weighted by atomic mass is 9.38. The zero-order chi connectivity index (χ0) is 28.3. The third-order valence-electron chi connectivity index (χ3n) is 8.18. The van der Waals surface area contributed by atoms with E-state index in [-0.39, 0.29) is 34.5 Å². The van der Waals surface area contributed by atoms with Gasteiger partial charge in [-0.1, -0.05) is 47.5 Å². The van der Waals surface area contributed by atoms with Crippen LogP contribution in [0.3, 0.4) is 0 Å². The van der Waals surface area contributed by atoms with E-state index in [1.54, 1.807) is 34.6 Å². The molecule has 0 amide bonds. The summed E-state index contributed by atoms with van der Waals surface area (Å²) in [4.78, 5) is 4.99. The standard InChI is InChI=1S/C27H31Cl2F3N4O2S/c1-24(2)22(13-33-12-11-27(30,31)32)34-23(35-24)25-15-26(16-25,17-25)36(14-18-7-9-19(28)10-8-18)39(37,38)21-6-4-3-5-20(21)29/h3-10,22,33H,11-17H2,1-2H3,(H,34,35)/t22-,25?,26?/m0/s1. The van der Waals surface area contributed by atoms with E-state index < -0.39 is 33.7 Å². The van der Waals surface area contributed by atoms with Crippen LogP contribution in [0.15, 0.2) is 58.4 Å². The Morgan fingerprint density at radius 3 is 2.33 bits per heavy atom. The minimum Gasteiger partial charge on any atom is -0.367 e. The van der Waals surface area contributed by atoms with Crippen LogP contribution in [0.2, 0.25) is 10.0 Å². The fourth-order valence-electron chi connectivity index (χ4n) is 6.07. The first-order valence-electron chi connectivity index (χ1n) is 12.8. The highest BCUT2D eigenvalue weighted by molar-refractivity contribution is 7.89.